The number of rotatable bonds is 3. The van der Waals surface area contributed by atoms with Gasteiger partial charge in [0.2, 0.25) is 5.89 Å². The molecule has 1 N–H and O–H groups in total. The molecule has 1 aromatic heterocycles. The van der Waals surface area contributed by atoms with Gasteiger partial charge in [-0.25, -0.2) is 8.78 Å². The van der Waals surface area contributed by atoms with Gasteiger partial charge in [-0.05, 0) is 37.0 Å². The van der Waals surface area contributed by atoms with Crippen LogP contribution in [0, 0.1) is 11.6 Å². The highest BCUT2D eigenvalue weighted by Gasteiger charge is 2.31. The van der Waals surface area contributed by atoms with E-state index in [4.69, 9.17) is 4.52 Å². The van der Waals surface area contributed by atoms with Crippen LogP contribution in [0.5, 0.6) is 0 Å². The second kappa shape index (κ2) is 5.28. The number of aliphatic hydroxyl groups is 1. The molecule has 6 heteroatoms. The van der Waals surface area contributed by atoms with Crippen LogP contribution in [-0.4, -0.2) is 21.4 Å². The topological polar surface area (TPSA) is 59.2 Å². The lowest BCUT2D eigenvalue weighted by Crippen LogP contribution is -2.11. The highest BCUT2D eigenvalue weighted by atomic mass is 19.1. The quantitative estimate of drug-likeness (QED) is 0.938. The molecule has 0 saturated heterocycles. The van der Waals surface area contributed by atoms with E-state index in [9.17, 15) is 13.9 Å². The zero-order valence-corrected chi connectivity index (χ0v) is 10.7. The highest BCUT2D eigenvalue weighted by molar-refractivity contribution is 5.21. The maximum atomic E-state index is 13.1. The zero-order valence-electron chi connectivity index (χ0n) is 10.7. The molecule has 1 heterocycles. The number of aromatic nitrogens is 2. The van der Waals surface area contributed by atoms with Gasteiger partial charge in [0.15, 0.2) is 5.82 Å². The zero-order chi connectivity index (χ0) is 14.1. The minimum absolute atomic E-state index is 0.125. The van der Waals surface area contributed by atoms with Crippen molar-refractivity contribution in [1.29, 1.82) is 0 Å². The van der Waals surface area contributed by atoms with Crippen molar-refractivity contribution in [2.75, 3.05) is 0 Å². The first-order valence-electron chi connectivity index (χ1n) is 6.57. The predicted molar refractivity (Wildman–Crippen MR) is 66.1 cm³/mol. The third-order valence-corrected chi connectivity index (χ3v) is 3.57. The van der Waals surface area contributed by atoms with E-state index in [0.717, 1.165) is 25.3 Å². The first kappa shape index (κ1) is 13.2. The van der Waals surface area contributed by atoms with Crippen LogP contribution in [0.25, 0.3) is 0 Å². The summed E-state index contributed by atoms with van der Waals surface area (Å²) in [6.45, 7) is 0. The summed E-state index contributed by atoms with van der Waals surface area (Å²) in [6, 6.07) is 3.30. The van der Waals surface area contributed by atoms with Gasteiger partial charge in [-0.3, -0.25) is 0 Å². The fraction of sp³-hybridized carbons (Fsp3) is 0.429. The molecule has 2 aromatic rings. The van der Waals surface area contributed by atoms with Crippen molar-refractivity contribution in [2.45, 2.75) is 37.7 Å². The molecule has 0 bridgehead atoms. The molecule has 0 amide bonds. The molecule has 3 rings (SSSR count). The van der Waals surface area contributed by atoms with E-state index in [0.29, 0.717) is 17.3 Å². The summed E-state index contributed by atoms with van der Waals surface area (Å²) in [6.07, 6.45) is 2.23. The van der Waals surface area contributed by atoms with Gasteiger partial charge >= 0.3 is 0 Å². The highest BCUT2D eigenvalue weighted by Crippen LogP contribution is 2.33. The van der Waals surface area contributed by atoms with Crippen LogP contribution in [0.2, 0.25) is 0 Å². The van der Waals surface area contributed by atoms with Gasteiger partial charge in [0, 0.05) is 12.5 Å². The van der Waals surface area contributed by atoms with Crippen molar-refractivity contribution in [3.05, 3.63) is 47.1 Å². The van der Waals surface area contributed by atoms with Crippen LogP contribution in [0.4, 0.5) is 8.78 Å². The Bertz CT molecular complexity index is 595. The van der Waals surface area contributed by atoms with Gasteiger partial charge < -0.3 is 9.63 Å². The van der Waals surface area contributed by atoms with E-state index < -0.39 is 17.7 Å². The Morgan fingerprint density at radius 3 is 2.60 bits per heavy atom. The van der Waals surface area contributed by atoms with Crippen LogP contribution in [-0.2, 0) is 6.42 Å². The summed E-state index contributed by atoms with van der Waals surface area (Å²) in [4.78, 5) is 4.21. The molecule has 2 unspecified atom stereocenters. The lowest BCUT2D eigenvalue weighted by atomic mass is 10.1. The molecule has 0 spiro atoms. The molecule has 0 aliphatic heterocycles. The number of benzene rings is 1. The van der Waals surface area contributed by atoms with Crippen LogP contribution in [0.3, 0.4) is 0 Å². The second-order valence-corrected chi connectivity index (χ2v) is 5.11. The fourth-order valence-corrected chi connectivity index (χ4v) is 2.61. The molecule has 1 fully saturated rings. The molecule has 1 aromatic carbocycles. The summed E-state index contributed by atoms with van der Waals surface area (Å²) >= 11 is 0. The van der Waals surface area contributed by atoms with E-state index in [1.807, 2.05) is 0 Å². The second-order valence-electron chi connectivity index (χ2n) is 5.11. The van der Waals surface area contributed by atoms with Crippen molar-refractivity contribution in [2.24, 2.45) is 0 Å². The largest absolute Gasteiger partial charge is 0.392 e. The minimum atomic E-state index is -0.630. The average molecular weight is 280 g/mol. The van der Waals surface area contributed by atoms with Gasteiger partial charge in [0.05, 0.1) is 12.0 Å². The monoisotopic (exact) mass is 280 g/mol. The van der Waals surface area contributed by atoms with Crippen molar-refractivity contribution in [1.82, 2.24) is 10.1 Å². The van der Waals surface area contributed by atoms with Gasteiger partial charge in [-0.2, -0.15) is 4.98 Å². The first-order valence-corrected chi connectivity index (χ1v) is 6.57. The Hall–Kier alpha value is -1.82. The summed E-state index contributed by atoms with van der Waals surface area (Å²) in [5, 5.41) is 13.6. The van der Waals surface area contributed by atoms with Gasteiger partial charge in [0.25, 0.3) is 0 Å². The Morgan fingerprint density at radius 1 is 1.20 bits per heavy atom. The van der Waals surface area contributed by atoms with E-state index in [2.05, 4.69) is 10.1 Å². The number of hydrogen-bond acceptors (Lipinski definition) is 4. The lowest BCUT2D eigenvalue weighted by Gasteiger charge is -2.07. The third-order valence-electron chi connectivity index (χ3n) is 3.57. The minimum Gasteiger partial charge on any atom is -0.392 e. The van der Waals surface area contributed by atoms with Crippen molar-refractivity contribution >= 4 is 0 Å². The van der Waals surface area contributed by atoms with Gasteiger partial charge in [-0.1, -0.05) is 5.16 Å². The summed E-state index contributed by atoms with van der Waals surface area (Å²) in [7, 11) is 0. The standard InChI is InChI=1S/C14H14F2N2O2/c15-9-4-8(5-10(16)7-9)6-13-17-14(20-18-13)11-2-1-3-12(11)19/h4-5,7,11-12,19H,1-3,6H2. The molecule has 1 aliphatic carbocycles. The molecule has 1 saturated carbocycles. The molecule has 2 atom stereocenters. The summed E-state index contributed by atoms with van der Waals surface area (Å²) in [5.41, 5.74) is 0.446. The van der Waals surface area contributed by atoms with Crippen LogP contribution >= 0.6 is 0 Å². The third kappa shape index (κ3) is 2.70. The molecule has 4 nitrogen and oxygen atoms in total. The lowest BCUT2D eigenvalue weighted by molar-refractivity contribution is 0.148. The Kier molecular flexibility index (Phi) is 3.48. The van der Waals surface area contributed by atoms with E-state index in [1.165, 1.54) is 12.1 Å². The summed E-state index contributed by atoms with van der Waals surface area (Å²) in [5.74, 6) is -0.615. The SMILES string of the molecule is OC1CCCC1c1nc(Cc2cc(F)cc(F)c2)no1. The number of halogens is 2. The number of hydrogen-bond donors (Lipinski definition) is 1. The Balaban J connectivity index is 1.77. The molecule has 106 valence electrons. The first-order chi connectivity index (χ1) is 9.61. The van der Waals surface area contributed by atoms with Crippen LogP contribution < -0.4 is 0 Å². The molecule has 1 aliphatic rings. The van der Waals surface area contributed by atoms with Crippen LogP contribution in [0.1, 0.15) is 42.5 Å². The Morgan fingerprint density at radius 2 is 1.95 bits per heavy atom. The molecule has 20 heavy (non-hydrogen) atoms. The van der Waals surface area contributed by atoms with E-state index in [1.54, 1.807) is 0 Å². The normalized spacial score (nSPS) is 22.4. The van der Waals surface area contributed by atoms with Gasteiger partial charge in [-0.15, -0.1) is 0 Å². The van der Waals surface area contributed by atoms with Crippen molar-refractivity contribution in [3.63, 3.8) is 0 Å². The summed E-state index contributed by atoms with van der Waals surface area (Å²) < 4.78 is 31.3. The van der Waals surface area contributed by atoms with E-state index >= 15 is 0 Å². The Labute approximate surface area is 114 Å². The van der Waals surface area contributed by atoms with E-state index in [-0.39, 0.29) is 12.3 Å². The number of aliphatic hydroxyl groups excluding tert-OH is 1. The number of nitrogens with zero attached hydrogens (tertiary/aromatic N) is 2. The van der Waals surface area contributed by atoms with Crippen LogP contribution in [0.15, 0.2) is 22.7 Å². The van der Waals surface area contributed by atoms with Gasteiger partial charge in [0.1, 0.15) is 11.6 Å². The van der Waals surface area contributed by atoms with Crippen molar-refractivity contribution in [3.8, 4) is 0 Å². The van der Waals surface area contributed by atoms with Crippen molar-refractivity contribution < 1.29 is 18.4 Å². The maximum Gasteiger partial charge on any atom is 0.232 e. The predicted octanol–water partition coefficient (Wildman–Crippen LogP) is 2.57. The molecular weight excluding hydrogens is 266 g/mol. The molecule has 0 radical (unpaired) electrons. The average Bonchev–Trinajstić information content (AvgIpc) is 2.96. The maximum absolute atomic E-state index is 13.1. The fourth-order valence-electron chi connectivity index (χ4n) is 2.61. The molecular formula is C14H14F2N2O2. The smallest absolute Gasteiger partial charge is 0.232 e.